The van der Waals surface area contributed by atoms with Gasteiger partial charge in [-0.2, -0.15) is 5.10 Å². The molecule has 1 saturated carbocycles. The van der Waals surface area contributed by atoms with Crippen LogP contribution in [0.3, 0.4) is 0 Å². The van der Waals surface area contributed by atoms with Crippen LogP contribution in [0, 0.1) is 6.92 Å². The lowest BCUT2D eigenvalue weighted by Gasteiger charge is -2.26. The zero-order chi connectivity index (χ0) is 14.8. The summed E-state index contributed by atoms with van der Waals surface area (Å²) >= 11 is 0. The second kappa shape index (κ2) is 5.84. The molecule has 0 atom stereocenters. The summed E-state index contributed by atoms with van der Waals surface area (Å²) < 4.78 is 1.94. The van der Waals surface area contributed by atoms with E-state index in [1.165, 1.54) is 30.5 Å². The first-order chi connectivity index (χ1) is 10.2. The highest BCUT2D eigenvalue weighted by Gasteiger charge is 2.22. The standard InChI is InChI=1S/C16H23N5/c1-4-21-11-13(9-17-21)10-20(3)16-18-12(2)8-15(19-16)14-6-5-7-14/h8-9,11,14H,4-7,10H2,1-3H3. The molecule has 3 rings (SSSR count). The van der Waals surface area contributed by atoms with Crippen molar-refractivity contribution in [3.63, 3.8) is 0 Å². The molecule has 21 heavy (non-hydrogen) atoms. The Bertz CT molecular complexity index is 615. The molecule has 0 saturated heterocycles. The van der Waals surface area contributed by atoms with Crippen molar-refractivity contribution in [2.75, 3.05) is 11.9 Å². The van der Waals surface area contributed by atoms with Gasteiger partial charge in [-0.1, -0.05) is 6.42 Å². The van der Waals surface area contributed by atoms with Crippen molar-refractivity contribution in [3.05, 3.63) is 35.4 Å². The summed E-state index contributed by atoms with van der Waals surface area (Å²) in [6.07, 6.45) is 7.86. The van der Waals surface area contributed by atoms with Gasteiger partial charge in [0.15, 0.2) is 0 Å². The van der Waals surface area contributed by atoms with Crippen molar-refractivity contribution in [1.29, 1.82) is 0 Å². The van der Waals surface area contributed by atoms with Crippen LogP contribution in [-0.2, 0) is 13.1 Å². The lowest BCUT2D eigenvalue weighted by atomic mass is 9.83. The van der Waals surface area contributed by atoms with Crippen molar-refractivity contribution in [3.8, 4) is 0 Å². The quantitative estimate of drug-likeness (QED) is 0.847. The molecule has 1 aliphatic rings. The van der Waals surface area contributed by atoms with Crippen LogP contribution in [0.4, 0.5) is 5.95 Å². The Hall–Kier alpha value is -1.91. The predicted octanol–water partition coefficient (Wildman–Crippen LogP) is 2.91. The molecular weight excluding hydrogens is 262 g/mol. The van der Waals surface area contributed by atoms with E-state index < -0.39 is 0 Å². The van der Waals surface area contributed by atoms with E-state index in [9.17, 15) is 0 Å². The Labute approximate surface area is 126 Å². The molecule has 0 bridgehead atoms. The first-order valence-electron chi connectivity index (χ1n) is 7.73. The predicted molar refractivity (Wildman–Crippen MR) is 83.4 cm³/mol. The number of aryl methyl sites for hydroxylation is 2. The zero-order valence-electron chi connectivity index (χ0n) is 13.1. The molecule has 112 valence electrons. The van der Waals surface area contributed by atoms with E-state index in [1.54, 1.807) is 0 Å². The second-order valence-corrected chi connectivity index (χ2v) is 5.92. The first-order valence-corrected chi connectivity index (χ1v) is 7.73. The van der Waals surface area contributed by atoms with E-state index in [1.807, 2.05) is 17.9 Å². The van der Waals surface area contributed by atoms with Crippen molar-refractivity contribution in [2.24, 2.45) is 0 Å². The van der Waals surface area contributed by atoms with Crippen LogP contribution in [0.25, 0.3) is 0 Å². The van der Waals surface area contributed by atoms with E-state index >= 15 is 0 Å². The van der Waals surface area contributed by atoms with Crippen molar-refractivity contribution >= 4 is 5.95 Å². The van der Waals surface area contributed by atoms with E-state index in [0.29, 0.717) is 5.92 Å². The molecule has 2 aromatic rings. The Morgan fingerprint density at radius 1 is 1.33 bits per heavy atom. The molecule has 0 amide bonds. The molecule has 0 unspecified atom stereocenters. The fourth-order valence-corrected chi connectivity index (χ4v) is 2.67. The number of hydrogen-bond acceptors (Lipinski definition) is 4. The topological polar surface area (TPSA) is 46.8 Å². The first kappa shape index (κ1) is 14.0. The number of hydrogen-bond donors (Lipinski definition) is 0. The number of aromatic nitrogens is 4. The maximum absolute atomic E-state index is 4.77. The van der Waals surface area contributed by atoms with Gasteiger partial charge in [0.2, 0.25) is 5.95 Å². The summed E-state index contributed by atoms with van der Waals surface area (Å²) in [4.78, 5) is 11.5. The van der Waals surface area contributed by atoms with Crippen LogP contribution in [0.5, 0.6) is 0 Å². The fraction of sp³-hybridized carbons (Fsp3) is 0.562. The van der Waals surface area contributed by atoms with Crippen molar-refractivity contribution < 1.29 is 0 Å². The molecule has 1 aliphatic carbocycles. The summed E-state index contributed by atoms with van der Waals surface area (Å²) in [5.74, 6) is 1.46. The minimum Gasteiger partial charge on any atom is -0.339 e. The SMILES string of the molecule is CCn1cc(CN(C)c2nc(C)cc(C3CCC3)n2)cn1. The number of rotatable bonds is 5. The maximum atomic E-state index is 4.77. The van der Waals surface area contributed by atoms with Gasteiger partial charge in [0.05, 0.1) is 6.20 Å². The van der Waals surface area contributed by atoms with Crippen molar-refractivity contribution in [2.45, 2.75) is 52.1 Å². The molecule has 1 fully saturated rings. The summed E-state index contributed by atoms with van der Waals surface area (Å²) in [6, 6.07) is 2.14. The minimum atomic E-state index is 0.640. The molecule has 5 nitrogen and oxygen atoms in total. The van der Waals surface area contributed by atoms with Gasteiger partial charge in [0, 0.05) is 49.2 Å². The van der Waals surface area contributed by atoms with E-state index in [2.05, 4.69) is 41.1 Å². The number of nitrogens with zero attached hydrogens (tertiary/aromatic N) is 5. The summed E-state index contributed by atoms with van der Waals surface area (Å²) in [7, 11) is 2.04. The molecule has 2 heterocycles. The molecule has 2 aromatic heterocycles. The Morgan fingerprint density at radius 2 is 2.14 bits per heavy atom. The lowest BCUT2D eigenvalue weighted by molar-refractivity contribution is 0.410. The van der Waals surface area contributed by atoms with E-state index in [4.69, 9.17) is 4.98 Å². The molecule has 5 heteroatoms. The van der Waals surface area contributed by atoms with Gasteiger partial charge < -0.3 is 4.90 Å². The van der Waals surface area contributed by atoms with Gasteiger partial charge >= 0.3 is 0 Å². The maximum Gasteiger partial charge on any atom is 0.225 e. The lowest BCUT2D eigenvalue weighted by Crippen LogP contribution is -2.21. The van der Waals surface area contributed by atoms with Gasteiger partial charge in [0.25, 0.3) is 0 Å². The van der Waals surface area contributed by atoms with E-state index in [-0.39, 0.29) is 0 Å². The minimum absolute atomic E-state index is 0.640. The van der Waals surface area contributed by atoms with Gasteiger partial charge in [-0.05, 0) is 32.8 Å². The zero-order valence-corrected chi connectivity index (χ0v) is 13.1. The van der Waals surface area contributed by atoms with Gasteiger partial charge in [0.1, 0.15) is 0 Å². The van der Waals surface area contributed by atoms with Gasteiger partial charge in [-0.3, -0.25) is 4.68 Å². The molecular formula is C16H23N5. The highest BCUT2D eigenvalue weighted by molar-refractivity contribution is 5.33. The average Bonchev–Trinajstić information content (AvgIpc) is 2.83. The Balaban J connectivity index is 1.76. The summed E-state index contributed by atoms with van der Waals surface area (Å²) in [6.45, 7) is 5.83. The Kier molecular flexibility index (Phi) is 3.90. The van der Waals surface area contributed by atoms with E-state index in [0.717, 1.165) is 24.7 Å². The van der Waals surface area contributed by atoms with Crippen LogP contribution >= 0.6 is 0 Å². The molecule has 0 N–H and O–H groups in total. The summed E-state index contributed by atoms with van der Waals surface area (Å²) in [5.41, 5.74) is 3.45. The average molecular weight is 285 g/mol. The monoisotopic (exact) mass is 285 g/mol. The van der Waals surface area contributed by atoms with Gasteiger partial charge in [-0.25, -0.2) is 9.97 Å². The smallest absolute Gasteiger partial charge is 0.225 e. The van der Waals surface area contributed by atoms with Crippen LogP contribution in [-0.4, -0.2) is 26.8 Å². The summed E-state index contributed by atoms with van der Waals surface area (Å²) in [5, 5.41) is 4.32. The fourth-order valence-electron chi connectivity index (χ4n) is 2.67. The largest absolute Gasteiger partial charge is 0.339 e. The highest BCUT2D eigenvalue weighted by Crippen LogP contribution is 2.35. The third-order valence-electron chi connectivity index (χ3n) is 4.16. The highest BCUT2D eigenvalue weighted by atomic mass is 15.3. The van der Waals surface area contributed by atoms with Crippen LogP contribution < -0.4 is 4.90 Å². The van der Waals surface area contributed by atoms with Crippen LogP contribution in [0.2, 0.25) is 0 Å². The Morgan fingerprint density at radius 3 is 2.76 bits per heavy atom. The molecule has 0 aliphatic heterocycles. The number of anilines is 1. The van der Waals surface area contributed by atoms with Crippen molar-refractivity contribution in [1.82, 2.24) is 19.7 Å². The molecule has 0 aromatic carbocycles. The van der Waals surface area contributed by atoms with Crippen LogP contribution in [0.1, 0.15) is 49.1 Å². The second-order valence-electron chi connectivity index (χ2n) is 5.92. The van der Waals surface area contributed by atoms with Gasteiger partial charge in [-0.15, -0.1) is 0 Å². The molecule has 0 spiro atoms. The third kappa shape index (κ3) is 3.06. The molecule has 0 radical (unpaired) electrons. The van der Waals surface area contributed by atoms with Crippen LogP contribution in [0.15, 0.2) is 18.5 Å². The third-order valence-corrected chi connectivity index (χ3v) is 4.16. The normalized spacial score (nSPS) is 15.0.